The Bertz CT molecular complexity index is 145. The second kappa shape index (κ2) is 4.86. The third-order valence-corrected chi connectivity index (χ3v) is 2.55. The van der Waals surface area contributed by atoms with E-state index in [0.29, 0.717) is 32.6 Å². The van der Waals surface area contributed by atoms with Crippen molar-refractivity contribution in [1.82, 2.24) is 5.32 Å². The molecule has 0 aromatic heterocycles. The molecule has 1 heterocycles. The van der Waals surface area contributed by atoms with E-state index < -0.39 is 12.0 Å². The Morgan fingerprint density at radius 1 is 1.38 bits per heavy atom. The largest absolute Gasteiger partial charge is 0.381 e. The first kappa shape index (κ1) is 10.9. The van der Waals surface area contributed by atoms with Crippen molar-refractivity contribution in [1.29, 1.82) is 0 Å². The lowest BCUT2D eigenvalue weighted by Crippen LogP contribution is -2.51. The van der Waals surface area contributed by atoms with Crippen molar-refractivity contribution in [2.45, 2.75) is 38.2 Å². The average Bonchev–Trinajstić information content (AvgIpc) is 2.31. The molecule has 1 atom stereocenters. The van der Waals surface area contributed by atoms with Crippen molar-refractivity contribution in [3.05, 3.63) is 0 Å². The highest BCUT2D eigenvalue weighted by Crippen LogP contribution is 2.27. The molecule has 0 aromatic rings. The Morgan fingerprint density at radius 2 is 2.15 bits per heavy atom. The van der Waals surface area contributed by atoms with Crippen molar-refractivity contribution in [3.8, 4) is 0 Å². The number of hydrogen-bond acceptors (Lipinski definition) is 2. The average molecular weight is 193 g/mol. The van der Waals surface area contributed by atoms with Crippen LogP contribution in [0.3, 0.4) is 0 Å². The lowest BCUT2D eigenvalue weighted by molar-refractivity contribution is 0.0169. The molecular weight excluding hydrogens is 176 g/mol. The summed E-state index contributed by atoms with van der Waals surface area (Å²) in [5.41, 5.74) is -0.995. The van der Waals surface area contributed by atoms with Gasteiger partial charge in [0.2, 0.25) is 0 Å². The van der Waals surface area contributed by atoms with Gasteiger partial charge in [-0.3, -0.25) is 0 Å². The van der Waals surface area contributed by atoms with Crippen molar-refractivity contribution < 1.29 is 13.5 Å². The van der Waals surface area contributed by atoms with Crippen LogP contribution in [0.5, 0.6) is 0 Å². The lowest BCUT2D eigenvalue weighted by Gasteiger charge is -2.32. The Balaban J connectivity index is 2.62. The third-order valence-electron chi connectivity index (χ3n) is 2.55. The summed E-state index contributed by atoms with van der Waals surface area (Å²) in [5, 5.41) is 2.91. The van der Waals surface area contributed by atoms with E-state index in [1.54, 1.807) is 0 Å². The maximum atomic E-state index is 12.8. The van der Waals surface area contributed by atoms with Gasteiger partial charge in [-0.15, -0.1) is 0 Å². The number of nitrogens with one attached hydrogen (secondary N) is 1. The number of halogens is 2. The molecule has 0 saturated carbocycles. The topological polar surface area (TPSA) is 21.3 Å². The van der Waals surface area contributed by atoms with E-state index in [9.17, 15) is 8.78 Å². The minimum Gasteiger partial charge on any atom is -0.381 e. The number of alkyl halides is 2. The van der Waals surface area contributed by atoms with Gasteiger partial charge in [-0.25, -0.2) is 8.78 Å². The molecule has 1 unspecified atom stereocenters. The van der Waals surface area contributed by atoms with Crippen molar-refractivity contribution in [2.75, 3.05) is 19.8 Å². The second-order valence-corrected chi connectivity index (χ2v) is 3.45. The second-order valence-electron chi connectivity index (χ2n) is 3.45. The zero-order chi connectivity index (χ0) is 9.73. The zero-order valence-electron chi connectivity index (χ0n) is 7.98. The van der Waals surface area contributed by atoms with E-state index in [1.165, 1.54) is 0 Å². The summed E-state index contributed by atoms with van der Waals surface area (Å²) in [6.07, 6.45) is -0.650. The third kappa shape index (κ3) is 2.61. The maximum Gasteiger partial charge on any atom is 0.256 e. The highest BCUT2D eigenvalue weighted by molar-refractivity contribution is 4.91. The standard InChI is InChI=1S/C9H17F2NO/c1-2-12-9(8(10)11)4-3-6-13-7-5-9/h8,12H,2-7H2,1H3. The summed E-state index contributed by atoms with van der Waals surface area (Å²) in [7, 11) is 0. The smallest absolute Gasteiger partial charge is 0.256 e. The molecule has 1 saturated heterocycles. The Labute approximate surface area is 77.6 Å². The maximum absolute atomic E-state index is 12.8. The minimum atomic E-state index is -2.30. The molecule has 0 spiro atoms. The molecule has 13 heavy (non-hydrogen) atoms. The van der Waals surface area contributed by atoms with Gasteiger partial charge in [0.1, 0.15) is 0 Å². The van der Waals surface area contributed by atoms with Crippen molar-refractivity contribution in [3.63, 3.8) is 0 Å². The molecule has 0 radical (unpaired) electrons. The highest BCUT2D eigenvalue weighted by Gasteiger charge is 2.39. The molecule has 4 heteroatoms. The first-order valence-corrected chi connectivity index (χ1v) is 4.82. The van der Waals surface area contributed by atoms with Gasteiger partial charge in [0, 0.05) is 13.2 Å². The van der Waals surface area contributed by atoms with Gasteiger partial charge in [-0.1, -0.05) is 6.92 Å². The summed E-state index contributed by atoms with van der Waals surface area (Å²) in [6, 6.07) is 0. The van der Waals surface area contributed by atoms with E-state index in [2.05, 4.69) is 5.32 Å². The van der Waals surface area contributed by atoms with E-state index in [-0.39, 0.29) is 0 Å². The van der Waals surface area contributed by atoms with Gasteiger partial charge in [0.25, 0.3) is 6.43 Å². The molecule has 0 amide bonds. The summed E-state index contributed by atoms with van der Waals surface area (Å²) >= 11 is 0. The van der Waals surface area contributed by atoms with Crippen LogP contribution in [0, 0.1) is 0 Å². The number of rotatable bonds is 3. The Hall–Kier alpha value is -0.220. The van der Waals surface area contributed by atoms with Crippen LogP contribution < -0.4 is 5.32 Å². The van der Waals surface area contributed by atoms with Gasteiger partial charge in [0.05, 0.1) is 5.54 Å². The van der Waals surface area contributed by atoms with E-state index >= 15 is 0 Å². The molecule has 0 aromatic carbocycles. The van der Waals surface area contributed by atoms with Gasteiger partial charge in [-0.2, -0.15) is 0 Å². The molecule has 78 valence electrons. The van der Waals surface area contributed by atoms with Crippen LogP contribution in [0.2, 0.25) is 0 Å². The molecule has 1 rings (SSSR count). The van der Waals surface area contributed by atoms with E-state index in [1.807, 2.05) is 6.92 Å². The molecule has 1 aliphatic rings. The van der Waals surface area contributed by atoms with Crippen LogP contribution in [0.4, 0.5) is 8.78 Å². The molecule has 0 bridgehead atoms. The normalized spacial score (nSPS) is 30.5. The fourth-order valence-electron chi connectivity index (χ4n) is 1.80. The van der Waals surface area contributed by atoms with Gasteiger partial charge in [0.15, 0.2) is 0 Å². The van der Waals surface area contributed by atoms with Crippen molar-refractivity contribution in [2.24, 2.45) is 0 Å². The number of ether oxygens (including phenoxy) is 1. The highest BCUT2D eigenvalue weighted by atomic mass is 19.3. The van der Waals surface area contributed by atoms with E-state index in [0.717, 1.165) is 6.42 Å². The molecule has 1 fully saturated rings. The van der Waals surface area contributed by atoms with Crippen LogP contribution >= 0.6 is 0 Å². The first-order valence-electron chi connectivity index (χ1n) is 4.82. The van der Waals surface area contributed by atoms with Crippen LogP contribution in [0.1, 0.15) is 26.2 Å². The zero-order valence-corrected chi connectivity index (χ0v) is 7.98. The van der Waals surface area contributed by atoms with Crippen LogP contribution in [-0.4, -0.2) is 31.7 Å². The fraction of sp³-hybridized carbons (Fsp3) is 1.00. The van der Waals surface area contributed by atoms with Gasteiger partial charge in [-0.05, 0) is 25.8 Å². The summed E-state index contributed by atoms with van der Waals surface area (Å²) < 4.78 is 30.8. The quantitative estimate of drug-likeness (QED) is 0.738. The van der Waals surface area contributed by atoms with Gasteiger partial charge < -0.3 is 10.1 Å². The molecule has 1 N–H and O–H groups in total. The summed E-state index contributed by atoms with van der Waals surface area (Å²) in [5.74, 6) is 0. The predicted octanol–water partition coefficient (Wildman–Crippen LogP) is 1.80. The monoisotopic (exact) mass is 193 g/mol. The van der Waals surface area contributed by atoms with Crippen LogP contribution in [0.15, 0.2) is 0 Å². The fourth-order valence-corrected chi connectivity index (χ4v) is 1.80. The first-order chi connectivity index (χ1) is 6.21. The van der Waals surface area contributed by atoms with Crippen LogP contribution in [-0.2, 0) is 4.74 Å². The molecule has 1 aliphatic heterocycles. The molecular formula is C9H17F2NO. The summed E-state index contributed by atoms with van der Waals surface area (Å²) in [6.45, 7) is 3.50. The van der Waals surface area contributed by atoms with E-state index in [4.69, 9.17) is 4.74 Å². The Morgan fingerprint density at radius 3 is 2.77 bits per heavy atom. The summed E-state index contributed by atoms with van der Waals surface area (Å²) in [4.78, 5) is 0. The Kier molecular flexibility index (Phi) is 4.06. The molecule has 2 nitrogen and oxygen atoms in total. The number of hydrogen-bond donors (Lipinski definition) is 1. The SMILES string of the molecule is CCNC1(C(F)F)CCCOCC1. The minimum absolute atomic E-state index is 0.415. The van der Waals surface area contributed by atoms with Crippen molar-refractivity contribution >= 4 is 0 Å². The predicted molar refractivity (Wildman–Crippen MR) is 47.1 cm³/mol. The lowest BCUT2D eigenvalue weighted by atomic mass is 9.91. The molecule has 0 aliphatic carbocycles. The van der Waals surface area contributed by atoms with Gasteiger partial charge >= 0.3 is 0 Å². The van der Waals surface area contributed by atoms with Crippen LogP contribution in [0.25, 0.3) is 0 Å².